The van der Waals surface area contributed by atoms with Gasteiger partial charge in [0.15, 0.2) is 15.1 Å². The van der Waals surface area contributed by atoms with Crippen molar-refractivity contribution >= 4 is 15.8 Å². The van der Waals surface area contributed by atoms with Crippen molar-refractivity contribution in [3.8, 4) is 0 Å². The summed E-state index contributed by atoms with van der Waals surface area (Å²) in [6.45, 7) is 4.11. The predicted octanol–water partition coefficient (Wildman–Crippen LogP) is 0.283. The second-order valence-electron chi connectivity index (χ2n) is 2.62. The van der Waals surface area contributed by atoms with Crippen LogP contribution in [0, 0.1) is 0 Å². The molecule has 0 saturated heterocycles. The summed E-state index contributed by atoms with van der Waals surface area (Å²) in [6.07, 6.45) is 0. The van der Waals surface area contributed by atoms with E-state index in [9.17, 15) is 13.2 Å². The average Bonchev–Trinajstić information content (AvgIpc) is 1.85. The second kappa shape index (κ2) is 3.21. The van der Waals surface area contributed by atoms with Crippen molar-refractivity contribution in [2.24, 2.45) is 0 Å². The monoisotopic (exact) mass is 180 g/mol. The zero-order valence-corrected chi connectivity index (χ0v) is 7.55. The molecule has 0 fully saturated rings. The minimum absolute atomic E-state index is 0.631. The van der Waals surface area contributed by atoms with Crippen molar-refractivity contribution in [1.29, 1.82) is 0 Å². The van der Waals surface area contributed by atoms with E-state index in [-0.39, 0.29) is 0 Å². The molecule has 0 bridgehead atoms. The Bertz CT molecular complexity index is 239. The van der Waals surface area contributed by atoms with Crippen LogP contribution in [0.1, 0.15) is 20.8 Å². The van der Waals surface area contributed by atoms with Gasteiger partial charge in [-0.3, -0.25) is 4.79 Å². The Kier molecular flexibility index (Phi) is 3.04. The first-order valence-corrected chi connectivity index (χ1v) is 4.86. The SMILES string of the molecule is CC(C)S(=O)(=O)[C@H](C)C(=O)O. The van der Waals surface area contributed by atoms with Gasteiger partial charge in [0.2, 0.25) is 0 Å². The van der Waals surface area contributed by atoms with Gasteiger partial charge in [0, 0.05) is 0 Å². The highest BCUT2D eigenvalue weighted by Gasteiger charge is 2.30. The van der Waals surface area contributed by atoms with E-state index in [0.717, 1.165) is 0 Å². The molecule has 0 aromatic rings. The number of carboxylic acid groups (broad SMARTS) is 1. The van der Waals surface area contributed by atoms with Gasteiger partial charge in [0.25, 0.3) is 0 Å². The highest BCUT2D eigenvalue weighted by molar-refractivity contribution is 7.93. The van der Waals surface area contributed by atoms with Crippen LogP contribution in [0.2, 0.25) is 0 Å². The first-order valence-electron chi connectivity index (χ1n) is 3.25. The quantitative estimate of drug-likeness (QED) is 0.677. The first-order chi connectivity index (χ1) is 4.80. The lowest BCUT2D eigenvalue weighted by Crippen LogP contribution is -2.32. The molecular weight excluding hydrogens is 168 g/mol. The molecule has 11 heavy (non-hydrogen) atoms. The highest BCUT2D eigenvalue weighted by Crippen LogP contribution is 2.08. The van der Waals surface area contributed by atoms with Gasteiger partial charge in [0.05, 0.1) is 5.25 Å². The van der Waals surface area contributed by atoms with E-state index in [2.05, 4.69) is 0 Å². The molecule has 0 rings (SSSR count). The molecule has 1 N–H and O–H groups in total. The molecule has 5 heteroatoms. The van der Waals surface area contributed by atoms with Crippen LogP contribution in [0.3, 0.4) is 0 Å². The van der Waals surface area contributed by atoms with Gasteiger partial charge in [-0.25, -0.2) is 8.42 Å². The molecule has 0 unspecified atom stereocenters. The fourth-order valence-corrected chi connectivity index (χ4v) is 1.65. The van der Waals surface area contributed by atoms with Gasteiger partial charge in [-0.1, -0.05) is 0 Å². The van der Waals surface area contributed by atoms with Crippen molar-refractivity contribution < 1.29 is 18.3 Å². The minimum atomic E-state index is -3.48. The Morgan fingerprint density at radius 3 is 1.73 bits per heavy atom. The van der Waals surface area contributed by atoms with Crippen LogP contribution in [0.15, 0.2) is 0 Å². The Morgan fingerprint density at radius 2 is 1.64 bits per heavy atom. The normalized spacial score (nSPS) is 14.9. The number of aliphatic carboxylic acids is 1. The summed E-state index contributed by atoms with van der Waals surface area (Å²) >= 11 is 0. The van der Waals surface area contributed by atoms with Crippen LogP contribution < -0.4 is 0 Å². The Hall–Kier alpha value is -0.580. The minimum Gasteiger partial charge on any atom is -0.480 e. The van der Waals surface area contributed by atoms with Gasteiger partial charge in [0.1, 0.15) is 0 Å². The summed E-state index contributed by atoms with van der Waals surface area (Å²) < 4.78 is 22.2. The van der Waals surface area contributed by atoms with Crippen molar-refractivity contribution in [2.45, 2.75) is 31.3 Å². The summed E-state index contributed by atoms with van der Waals surface area (Å²) in [5, 5.41) is 6.45. The van der Waals surface area contributed by atoms with Crippen LogP contribution in [-0.2, 0) is 14.6 Å². The maximum atomic E-state index is 11.1. The Labute approximate surface area is 66.1 Å². The maximum absolute atomic E-state index is 11.1. The van der Waals surface area contributed by atoms with Crippen LogP contribution in [0.5, 0.6) is 0 Å². The molecule has 66 valence electrons. The van der Waals surface area contributed by atoms with E-state index < -0.39 is 26.3 Å². The predicted molar refractivity (Wildman–Crippen MR) is 41.2 cm³/mol. The highest BCUT2D eigenvalue weighted by atomic mass is 32.2. The summed E-state index contributed by atoms with van der Waals surface area (Å²) in [4.78, 5) is 10.3. The lowest BCUT2D eigenvalue weighted by atomic mass is 10.5. The lowest BCUT2D eigenvalue weighted by molar-refractivity contribution is -0.136. The van der Waals surface area contributed by atoms with Crippen LogP contribution in [0.4, 0.5) is 0 Å². The number of rotatable bonds is 3. The van der Waals surface area contributed by atoms with E-state index in [1.807, 2.05) is 0 Å². The van der Waals surface area contributed by atoms with Gasteiger partial charge in [-0.2, -0.15) is 0 Å². The third-order valence-corrected chi connectivity index (χ3v) is 4.00. The van der Waals surface area contributed by atoms with E-state index >= 15 is 0 Å². The molecule has 0 aliphatic rings. The largest absolute Gasteiger partial charge is 0.480 e. The lowest BCUT2D eigenvalue weighted by Gasteiger charge is -2.10. The summed E-state index contributed by atoms with van der Waals surface area (Å²) in [6, 6.07) is 0. The zero-order valence-electron chi connectivity index (χ0n) is 6.73. The number of sulfone groups is 1. The van der Waals surface area contributed by atoms with Crippen molar-refractivity contribution in [1.82, 2.24) is 0 Å². The Balaban J connectivity index is 4.72. The Morgan fingerprint density at radius 1 is 1.27 bits per heavy atom. The van der Waals surface area contributed by atoms with Crippen LogP contribution in [-0.4, -0.2) is 30.0 Å². The molecule has 0 heterocycles. The zero-order chi connectivity index (χ0) is 9.23. The molecule has 0 aromatic carbocycles. The number of carboxylic acids is 1. The van der Waals surface area contributed by atoms with Crippen molar-refractivity contribution in [3.63, 3.8) is 0 Å². The van der Waals surface area contributed by atoms with E-state index in [1.54, 1.807) is 0 Å². The molecular formula is C6H12O4S. The van der Waals surface area contributed by atoms with Gasteiger partial charge < -0.3 is 5.11 Å². The number of hydrogen-bond donors (Lipinski definition) is 1. The number of carbonyl (C=O) groups is 1. The standard InChI is InChI=1S/C6H12O4S/c1-4(2)11(9,10)5(3)6(7)8/h4-5H,1-3H3,(H,7,8)/t5-/m1/s1. The fraction of sp³-hybridized carbons (Fsp3) is 0.833. The molecule has 0 saturated carbocycles. The average molecular weight is 180 g/mol. The summed E-state index contributed by atoms with van der Waals surface area (Å²) in [7, 11) is -3.48. The van der Waals surface area contributed by atoms with E-state index in [0.29, 0.717) is 0 Å². The molecule has 0 spiro atoms. The third kappa shape index (κ3) is 2.18. The molecule has 0 amide bonds. The molecule has 0 aliphatic carbocycles. The number of hydrogen-bond acceptors (Lipinski definition) is 3. The van der Waals surface area contributed by atoms with E-state index in [4.69, 9.17) is 5.11 Å². The van der Waals surface area contributed by atoms with Gasteiger partial charge >= 0.3 is 5.97 Å². The van der Waals surface area contributed by atoms with Gasteiger partial charge in [-0.05, 0) is 20.8 Å². The van der Waals surface area contributed by atoms with E-state index in [1.165, 1.54) is 20.8 Å². The van der Waals surface area contributed by atoms with Crippen molar-refractivity contribution in [3.05, 3.63) is 0 Å². The molecule has 0 aliphatic heterocycles. The summed E-state index contributed by atoms with van der Waals surface area (Å²) in [5.41, 5.74) is 0. The molecule has 0 aromatic heterocycles. The molecule has 0 radical (unpaired) electrons. The third-order valence-electron chi connectivity index (χ3n) is 1.50. The first kappa shape index (κ1) is 10.4. The molecule has 4 nitrogen and oxygen atoms in total. The summed E-state index contributed by atoms with van der Waals surface area (Å²) in [5.74, 6) is -1.29. The smallest absolute Gasteiger partial charge is 0.321 e. The maximum Gasteiger partial charge on any atom is 0.321 e. The topological polar surface area (TPSA) is 71.4 Å². The van der Waals surface area contributed by atoms with Crippen LogP contribution in [0.25, 0.3) is 0 Å². The van der Waals surface area contributed by atoms with Gasteiger partial charge in [-0.15, -0.1) is 0 Å². The molecule has 1 atom stereocenters. The fourth-order valence-electron chi connectivity index (χ4n) is 0.549. The van der Waals surface area contributed by atoms with Crippen molar-refractivity contribution in [2.75, 3.05) is 0 Å². The van der Waals surface area contributed by atoms with Crippen LogP contribution >= 0.6 is 0 Å². The second-order valence-corrected chi connectivity index (χ2v) is 5.45.